The lowest BCUT2D eigenvalue weighted by atomic mass is 9.75. The minimum Gasteiger partial charge on any atom is -0.339 e. The third-order valence-corrected chi connectivity index (χ3v) is 5.23. The number of amides is 1. The molecule has 0 spiro atoms. The van der Waals surface area contributed by atoms with E-state index in [9.17, 15) is 4.79 Å². The van der Waals surface area contributed by atoms with E-state index in [2.05, 4.69) is 36.0 Å². The highest BCUT2D eigenvalue weighted by molar-refractivity contribution is 5.83. The maximum Gasteiger partial charge on any atom is 0.228 e. The van der Waals surface area contributed by atoms with E-state index in [1.165, 1.54) is 0 Å². The highest BCUT2D eigenvalue weighted by Crippen LogP contribution is 2.35. The first-order chi connectivity index (χ1) is 9.13. The highest BCUT2D eigenvalue weighted by atomic mass is 16.2. The number of carbonyl (C=O) groups is 1. The summed E-state index contributed by atoms with van der Waals surface area (Å²) in [7, 11) is 2.18. The van der Waals surface area contributed by atoms with E-state index < -0.39 is 0 Å². The van der Waals surface area contributed by atoms with Crippen LogP contribution in [0.3, 0.4) is 0 Å². The van der Waals surface area contributed by atoms with Crippen molar-refractivity contribution in [2.75, 3.05) is 39.8 Å². The number of rotatable bonds is 3. The topological polar surface area (TPSA) is 35.6 Å². The number of hydrogen-bond donors (Lipinski definition) is 1. The molecule has 0 aromatic carbocycles. The summed E-state index contributed by atoms with van der Waals surface area (Å²) in [5.74, 6) is 0.419. The molecule has 1 atom stereocenters. The molecule has 0 aromatic rings. The maximum absolute atomic E-state index is 13.0. The van der Waals surface area contributed by atoms with Crippen LogP contribution in [0.2, 0.25) is 0 Å². The van der Waals surface area contributed by atoms with Crippen molar-refractivity contribution in [3.05, 3.63) is 0 Å². The first-order valence-corrected chi connectivity index (χ1v) is 7.83. The van der Waals surface area contributed by atoms with Crippen molar-refractivity contribution >= 4 is 5.91 Å². The second kappa shape index (κ2) is 6.23. The Bertz CT molecular complexity index is 313. The average molecular weight is 267 g/mol. The Hall–Kier alpha value is -0.610. The van der Waals surface area contributed by atoms with Gasteiger partial charge < -0.3 is 10.2 Å². The van der Waals surface area contributed by atoms with Crippen molar-refractivity contribution in [2.24, 2.45) is 5.41 Å². The van der Waals surface area contributed by atoms with Crippen LogP contribution >= 0.6 is 0 Å². The SMILES string of the molecule is CCC1CN(C(=O)C2(CC)CCNCC2)CCN1C. The predicted molar refractivity (Wildman–Crippen MR) is 78.1 cm³/mol. The smallest absolute Gasteiger partial charge is 0.228 e. The number of piperidine rings is 1. The number of nitrogens with one attached hydrogen (secondary N) is 1. The van der Waals surface area contributed by atoms with E-state index in [1.807, 2.05) is 0 Å². The van der Waals surface area contributed by atoms with E-state index in [1.54, 1.807) is 0 Å². The van der Waals surface area contributed by atoms with Crippen LogP contribution in [-0.4, -0.2) is 61.5 Å². The summed E-state index contributed by atoms with van der Waals surface area (Å²) in [5, 5.41) is 3.38. The van der Waals surface area contributed by atoms with Crippen molar-refractivity contribution in [2.45, 2.75) is 45.6 Å². The first kappa shape index (κ1) is 14.8. The summed E-state index contributed by atoms with van der Waals surface area (Å²) in [4.78, 5) is 17.5. The molecule has 2 rings (SSSR count). The van der Waals surface area contributed by atoms with Crippen molar-refractivity contribution in [3.63, 3.8) is 0 Å². The molecular formula is C15H29N3O. The van der Waals surface area contributed by atoms with Gasteiger partial charge in [0.25, 0.3) is 0 Å². The van der Waals surface area contributed by atoms with Crippen molar-refractivity contribution in [3.8, 4) is 0 Å². The van der Waals surface area contributed by atoms with Gasteiger partial charge in [0.05, 0.1) is 5.41 Å². The van der Waals surface area contributed by atoms with E-state index in [4.69, 9.17) is 0 Å². The number of hydrogen-bond acceptors (Lipinski definition) is 3. The second-order valence-electron chi connectivity index (χ2n) is 6.18. The summed E-state index contributed by atoms with van der Waals surface area (Å²) < 4.78 is 0. The molecular weight excluding hydrogens is 238 g/mol. The molecule has 4 heteroatoms. The molecule has 0 saturated carbocycles. The zero-order valence-electron chi connectivity index (χ0n) is 12.7. The van der Waals surface area contributed by atoms with Crippen molar-refractivity contribution in [1.82, 2.24) is 15.1 Å². The lowest BCUT2D eigenvalue weighted by molar-refractivity contribution is -0.147. The molecule has 2 saturated heterocycles. The molecule has 110 valence electrons. The van der Waals surface area contributed by atoms with Crippen LogP contribution in [0, 0.1) is 5.41 Å². The molecule has 2 aliphatic rings. The molecule has 0 aliphatic carbocycles. The van der Waals surface area contributed by atoms with Gasteiger partial charge in [0.15, 0.2) is 0 Å². The van der Waals surface area contributed by atoms with Gasteiger partial charge in [-0.25, -0.2) is 0 Å². The number of piperazine rings is 1. The third-order valence-electron chi connectivity index (χ3n) is 5.23. The normalized spacial score (nSPS) is 28.4. The van der Waals surface area contributed by atoms with E-state index >= 15 is 0 Å². The van der Waals surface area contributed by atoms with Crippen molar-refractivity contribution < 1.29 is 4.79 Å². The van der Waals surface area contributed by atoms with Gasteiger partial charge in [0, 0.05) is 25.7 Å². The Labute approximate surface area is 117 Å². The van der Waals surface area contributed by atoms with E-state index in [-0.39, 0.29) is 5.41 Å². The van der Waals surface area contributed by atoms with Crippen molar-refractivity contribution in [1.29, 1.82) is 0 Å². The molecule has 2 fully saturated rings. The molecule has 1 unspecified atom stereocenters. The zero-order chi connectivity index (χ0) is 13.9. The van der Waals surface area contributed by atoms with Gasteiger partial charge in [0.1, 0.15) is 0 Å². The summed E-state index contributed by atoms with van der Waals surface area (Å²) in [6.45, 7) is 9.21. The minimum absolute atomic E-state index is 0.0839. The third kappa shape index (κ3) is 2.95. The summed E-state index contributed by atoms with van der Waals surface area (Å²) in [6.07, 6.45) is 4.12. The van der Waals surface area contributed by atoms with Crippen LogP contribution in [0.5, 0.6) is 0 Å². The van der Waals surface area contributed by atoms with Crippen LogP contribution in [0.25, 0.3) is 0 Å². The lowest BCUT2D eigenvalue weighted by Crippen LogP contribution is -2.57. The molecule has 0 radical (unpaired) electrons. The van der Waals surface area contributed by atoms with Crippen LogP contribution in [0.4, 0.5) is 0 Å². The fourth-order valence-corrected chi connectivity index (χ4v) is 3.53. The molecule has 1 N–H and O–H groups in total. The Morgan fingerprint density at radius 2 is 1.95 bits per heavy atom. The monoisotopic (exact) mass is 267 g/mol. The lowest BCUT2D eigenvalue weighted by Gasteiger charge is -2.45. The quantitative estimate of drug-likeness (QED) is 0.838. The van der Waals surface area contributed by atoms with Gasteiger partial charge in [0.2, 0.25) is 5.91 Å². The molecule has 0 bridgehead atoms. The first-order valence-electron chi connectivity index (χ1n) is 7.83. The Kier molecular flexibility index (Phi) is 4.85. The van der Waals surface area contributed by atoms with Crippen LogP contribution in [0.1, 0.15) is 39.5 Å². The van der Waals surface area contributed by atoms with E-state index in [0.717, 1.165) is 58.4 Å². The zero-order valence-corrected chi connectivity index (χ0v) is 12.7. The summed E-state index contributed by atoms with van der Waals surface area (Å²) in [6, 6.07) is 0.535. The standard InChI is InChI=1S/C15H29N3O/c1-4-13-12-18(11-10-17(13)3)14(19)15(5-2)6-8-16-9-7-15/h13,16H,4-12H2,1-3H3. The molecule has 1 amide bonds. The van der Waals surface area contributed by atoms with Gasteiger partial charge in [-0.2, -0.15) is 0 Å². The minimum atomic E-state index is -0.0839. The predicted octanol–water partition coefficient (Wildman–Crippen LogP) is 1.32. The maximum atomic E-state index is 13.0. The molecule has 19 heavy (non-hydrogen) atoms. The Balaban J connectivity index is 2.05. The average Bonchev–Trinajstić information content (AvgIpc) is 2.47. The summed E-state index contributed by atoms with van der Waals surface area (Å²) >= 11 is 0. The Morgan fingerprint density at radius 1 is 1.26 bits per heavy atom. The van der Waals surface area contributed by atoms with Gasteiger partial charge in [-0.15, -0.1) is 0 Å². The van der Waals surface area contributed by atoms with Crippen LogP contribution < -0.4 is 5.32 Å². The van der Waals surface area contributed by atoms with Gasteiger partial charge in [-0.1, -0.05) is 13.8 Å². The van der Waals surface area contributed by atoms with Crippen LogP contribution in [-0.2, 0) is 4.79 Å². The Morgan fingerprint density at radius 3 is 2.53 bits per heavy atom. The van der Waals surface area contributed by atoms with E-state index in [0.29, 0.717) is 11.9 Å². The highest BCUT2D eigenvalue weighted by Gasteiger charge is 2.41. The second-order valence-corrected chi connectivity index (χ2v) is 6.18. The van der Waals surface area contributed by atoms with Gasteiger partial charge in [-0.05, 0) is 45.8 Å². The molecule has 2 aliphatic heterocycles. The largest absolute Gasteiger partial charge is 0.339 e. The number of likely N-dealkylation sites (N-methyl/N-ethyl adjacent to an activating group) is 1. The number of nitrogens with zero attached hydrogens (tertiary/aromatic N) is 2. The van der Waals surface area contributed by atoms with Gasteiger partial charge >= 0.3 is 0 Å². The number of carbonyl (C=O) groups excluding carboxylic acids is 1. The summed E-state index contributed by atoms with van der Waals surface area (Å²) in [5.41, 5.74) is -0.0839. The van der Waals surface area contributed by atoms with Gasteiger partial charge in [-0.3, -0.25) is 9.69 Å². The molecule has 0 aromatic heterocycles. The fraction of sp³-hybridized carbons (Fsp3) is 0.933. The fourth-order valence-electron chi connectivity index (χ4n) is 3.53. The van der Waals surface area contributed by atoms with Crippen LogP contribution in [0.15, 0.2) is 0 Å². The molecule has 4 nitrogen and oxygen atoms in total. The molecule has 2 heterocycles.